The number of amides is 1. The molecule has 1 aromatic rings. The first kappa shape index (κ1) is 8.35. The summed E-state index contributed by atoms with van der Waals surface area (Å²) in [6.45, 7) is 0. The topological polar surface area (TPSA) is 43.1 Å². The van der Waals surface area contributed by atoms with Crippen LogP contribution in [-0.4, -0.2) is 5.91 Å². The molecule has 0 saturated heterocycles. The summed E-state index contributed by atoms with van der Waals surface area (Å²) in [5.41, 5.74) is 5.82. The molecule has 60 valence electrons. The molecule has 1 rings (SSSR count). The van der Waals surface area contributed by atoms with Crippen molar-refractivity contribution >= 4 is 5.91 Å². The average Bonchev–Trinajstić information content (AvgIpc) is 2.05. The van der Waals surface area contributed by atoms with Gasteiger partial charge in [0, 0.05) is 5.56 Å². The van der Waals surface area contributed by atoms with Crippen LogP contribution in [0.15, 0.2) is 30.3 Å². The molecule has 2 N–H and O–H groups in total. The van der Waals surface area contributed by atoms with Gasteiger partial charge in [-0.25, -0.2) is 0 Å². The average molecular weight is 159 g/mol. The number of carbonyl (C=O) groups excluding carboxylic acids is 1. The lowest BCUT2D eigenvalue weighted by Gasteiger charge is -1.85. The number of hydrogen-bond acceptors (Lipinski definition) is 1. The largest absolute Gasteiger partial charge is 0.369 e. The smallest absolute Gasteiger partial charge is 0.229 e. The quantitative estimate of drug-likeness (QED) is 0.608. The molecule has 0 saturated carbocycles. The lowest BCUT2D eigenvalue weighted by atomic mass is 10.2. The second kappa shape index (κ2) is 4.20. The predicted octanol–water partition coefficient (Wildman–Crippen LogP) is 0.914. The Morgan fingerprint density at radius 1 is 1.33 bits per heavy atom. The molecule has 12 heavy (non-hydrogen) atoms. The minimum atomic E-state index is -0.390. The molecule has 0 spiro atoms. The third kappa shape index (κ3) is 2.89. The van der Waals surface area contributed by atoms with Crippen LogP contribution in [0.3, 0.4) is 0 Å². The van der Waals surface area contributed by atoms with E-state index < -0.39 is 5.91 Å². The minimum absolute atomic E-state index is 0.120. The number of carbonyl (C=O) groups is 1. The maximum atomic E-state index is 10.3. The Hall–Kier alpha value is -1.75. The van der Waals surface area contributed by atoms with Crippen LogP contribution in [-0.2, 0) is 4.79 Å². The normalized spacial score (nSPS) is 8.33. The third-order valence-electron chi connectivity index (χ3n) is 1.27. The van der Waals surface area contributed by atoms with Gasteiger partial charge in [-0.05, 0) is 12.1 Å². The summed E-state index contributed by atoms with van der Waals surface area (Å²) in [5, 5.41) is 0. The van der Waals surface area contributed by atoms with Gasteiger partial charge >= 0.3 is 0 Å². The van der Waals surface area contributed by atoms with E-state index >= 15 is 0 Å². The third-order valence-corrected chi connectivity index (χ3v) is 1.27. The van der Waals surface area contributed by atoms with Crippen LogP contribution in [0.4, 0.5) is 0 Å². The van der Waals surface area contributed by atoms with Gasteiger partial charge in [-0.1, -0.05) is 30.0 Å². The van der Waals surface area contributed by atoms with E-state index in [1.807, 2.05) is 30.3 Å². The van der Waals surface area contributed by atoms with E-state index in [1.54, 1.807) is 0 Å². The van der Waals surface area contributed by atoms with Gasteiger partial charge in [0.15, 0.2) is 0 Å². The van der Waals surface area contributed by atoms with Gasteiger partial charge in [-0.3, -0.25) is 4.79 Å². The summed E-state index contributed by atoms with van der Waals surface area (Å²) in [6.07, 6.45) is 0.120. The van der Waals surface area contributed by atoms with E-state index in [0.717, 1.165) is 5.56 Å². The van der Waals surface area contributed by atoms with Crippen molar-refractivity contribution in [3.8, 4) is 11.8 Å². The predicted molar refractivity (Wildman–Crippen MR) is 47.1 cm³/mol. The molecule has 0 aliphatic rings. The Labute approximate surface area is 71.4 Å². The molecule has 1 amide bonds. The summed E-state index contributed by atoms with van der Waals surface area (Å²) in [4.78, 5) is 10.3. The lowest BCUT2D eigenvalue weighted by Crippen LogP contribution is -2.08. The molecule has 0 atom stereocenters. The van der Waals surface area contributed by atoms with Gasteiger partial charge in [0.2, 0.25) is 5.91 Å². The molecule has 0 fully saturated rings. The van der Waals surface area contributed by atoms with Gasteiger partial charge in [0.1, 0.15) is 0 Å². The Balaban J connectivity index is 2.61. The lowest BCUT2D eigenvalue weighted by molar-refractivity contribution is -0.117. The monoisotopic (exact) mass is 159 g/mol. The number of rotatable bonds is 1. The Morgan fingerprint density at radius 3 is 2.58 bits per heavy atom. The van der Waals surface area contributed by atoms with E-state index in [4.69, 9.17) is 5.73 Å². The van der Waals surface area contributed by atoms with Crippen LogP contribution in [0.1, 0.15) is 12.0 Å². The highest BCUT2D eigenvalue weighted by molar-refractivity contribution is 5.76. The second-order valence-electron chi connectivity index (χ2n) is 2.31. The number of primary amides is 1. The zero-order chi connectivity index (χ0) is 8.81. The second-order valence-corrected chi connectivity index (χ2v) is 2.31. The van der Waals surface area contributed by atoms with E-state index in [1.165, 1.54) is 0 Å². The molecule has 1 aromatic carbocycles. The van der Waals surface area contributed by atoms with E-state index in [2.05, 4.69) is 11.8 Å². The highest BCUT2D eigenvalue weighted by Crippen LogP contribution is 1.94. The van der Waals surface area contributed by atoms with E-state index in [0.29, 0.717) is 0 Å². The molecule has 0 unspecified atom stereocenters. The van der Waals surface area contributed by atoms with Crippen LogP contribution in [0.25, 0.3) is 0 Å². The van der Waals surface area contributed by atoms with Crippen molar-refractivity contribution in [3.05, 3.63) is 35.9 Å². The number of benzene rings is 1. The van der Waals surface area contributed by atoms with Crippen LogP contribution < -0.4 is 5.73 Å². The van der Waals surface area contributed by atoms with Gasteiger partial charge < -0.3 is 5.73 Å². The van der Waals surface area contributed by atoms with Crippen molar-refractivity contribution in [3.63, 3.8) is 0 Å². The fourth-order valence-electron chi connectivity index (χ4n) is 0.755. The van der Waals surface area contributed by atoms with Gasteiger partial charge in [-0.2, -0.15) is 0 Å². The Morgan fingerprint density at radius 2 is 2.00 bits per heavy atom. The first-order valence-electron chi connectivity index (χ1n) is 3.61. The number of nitrogens with two attached hydrogens (primary N) is 1. The van der Waals surface area contributed by atoms with Crippen molar-refractivity contribution in [2.24, 2.45) is 5.73 Å². The highest BCUT2D eigenvalue weighted by Gasteiger charge is 1.85. The van der Waals surface area contributed by atoms with Crippen molar-refractivity contribution in [1.82, 2.24) is 0 Å². The maximum Gasteiger partial charge on any atom is 0.229 e. The number of hydrogen-bond donors (Lipinski definition) is 1. The van der Waals surface area contributed by atoms with Gasteiger partial charge in [0.05, 0.1) is 6.42 Å². The summed E-state index contributed by atoms with van der Waals surface area (Å²) < 4.78 is 0. The molecule has 0 aliphatic carbocycles. The molecule has 0 radical (unpaired) electrons. The molecule has 0 aromatic heterocycles. The molecule has 2 heteroatoms. The van der Waals surface area contributed by atoms with E-state index in [9.17, 15) is 4.79 Å². The minimum Gasteiger partial charge on any atom is -0.369 e. The van der Waals surface area contributed by atoms with Crippen molar-refractivity contribution < 1.29 is 4.79 Å². The Kier molecular flexibility index (Phi) is 2.92. The van der Waals surface area contributed by atoms with Gasteiger partial charge in [-0.15, -0.1) is 0 Å². The first-order valence-corrected chi connectivity index (χ1v) is 3.61. The highest BCUT2D eigenvalue weighted by atomic mass is 16.1. The zero-order valence-corrected chi connectivity index (χ0v) is 6.58. The van der Waals surface area contributed by atoms with Crippen LogP contribution in [0.2, 0.25) is 0 Å². The van der Waals surface area contributed by atoms with Crippen LogP contribution in [0, 0.1) is 11.8 Å². The van der Waals surface area contributed by atoms with Crippen molar-refractivity contribution in [2.45, 2.75) is 6.42 Å². The summed E-state index contributed by atoms with van der Waals surface area (Å²) in [6, 6.07) is 9.48. The van der Waals surface area contributed by atoms with E-state index in [-0.39, 0.29) is 6.42 Å². The van der Waals surface area contributed by atoms with Crippen molar-refractivity contribution in [2.75, 3.05) is 0 Å². The molecule has 0 heterocycles. The van der Waals surface area contributed by atoms with Crippen molar-refractivity contribution in [1.29, 1.82) is 0 Å². The molecular weight excluding hydrogens is 150 g/mol. The maximum absolute atomic E-state index is 10.3. The summed E-state index contributed by atoms with van der Waals surface area (Å²) in [7, 11) is 0. The van der Waals surface area contributed by atoms with Crippen LogP contribution in [0.5, 0.6) is 0 Å². The summed E-state index contributed by atoms with van der Waals surface area (Å²) >= 11 is 0. The SMILES string of the molecule is NC(=O)CC#Cc1ccccc1. The molecular formula is C10H9NO. The molecule has 2 nitrogen and oxygen atoms in total. The Bertz CT molecular complexity index is 319. The summed E-state index contributed by atoms with van der Waals surface area (Å²) in [5.74, 6) is 5.11. The first-order chi connectivity index (χ1) is 5.79. The molecule has 0 bridgehead atoms. The molecule has 0 aliphatic heterocycles. The standard InChI is InChI=1S/C10H9NO/c11-10(12)8-4-7-9-5-2-1-3-6-9/h1-3,5-6H,8H2,(H2,11,12). The van der Waals surface area contributed by atoms with Crippen LogP contribution >= 0.6 is 0 Å². The zero-order valence-electron chi connectivity index (χ0n) is 6.58. The fourth-order valence-corrected chi connectivity index (χ4v) is 0.755. The fraction of sp³-hybridized carbons (Fsp3) is 0.100. The van der Waals surface area contributed by atoms with Gasteiger partial charge in [0.25, 0.3) is 0 Å².